The van der Waals surface area contributed by atoms with Gasteiger partial charge in [-0.25, -0.2) is 12.8 Å². The molecule has 0 unspecified atom stereocenters. The van der Waals surface area contributed by atoms with E-state index in [-0.39, 0.29) is 23.0 Å². The van der Waals surface area contributed by atoms with Crippen molar-refractivity contribution in [2.24, 2.45) is 0 Å². The van der Waals surface area contributed by atoms with Crippen LogP contribution in [-0.2, 0) is 21.1 Å². The molecule has 3 aromatic rings. The Kier molecular flexibility index (Phi) is 7.69. The summed E-state index contributed by atoms with van der Waals surface area (Å²) in [7, 11) is -1.56. The summed E-state index contributed by atoms with van der Waals surface area (Å²) in [6, 6.07) is 16.2. The minimum absolute atomic E-state index is 0.0343. The number of carbonyl (C=O) groups excluding carboxylic acids is 1. The molecule has 0 atom stereocenters. The number of sulfone groups is 1. The van der Waals surface area contributed by atoms with E-state index >= 15 is 0 Å². The average Bonchev–Trinajstić information content (AvgIpc) is 3.23. The van der Waals surface area contributed by atoms with Crippen molar-refractivity contribution in [2.45, 2.75) is 24.2 Å². The SMILES string of the molecule is CN(CCCOc1cccc(S(C)(=O)=O)c1)C(=O)CCc1ccc(-c2ccccc2F)o1. The van der Waals surface area contributed by atoms with Crippen LogP contribution in [0.4, 0.5) is 4.39 Å². The van der Waals surface area contributed by atoms with Gasteiger partial charge in [0.1, 0.15) is 23.1 Å². The maximum absolute atomic E-state index is 13.9. The highest BCUT2D eigenvalue weighted by Gasteiger charge is 2.13. The first-order chi connectivity index (χ1) is 15.2. The minimum atomic E-state index is -3.29. The maximum Gasteiger partial charge on any atom is 0.222 e. The average molecular weight is 460 g/mol. The summed E-state index contributed by atoms with van der Waals surface area (Å²) in [5, 5.41) is 0. The predicted molar refractivity (Wildman–Crippen MR) is 120 cm³/mol. The molecule has 0 radical (unpaired) electrons. The number of hydrogen-bond donors (Lipinski definition) is 0. The van der Waals surface area contributed by atoms with Gasteiger partial charge in [-0.15, -0.1) is 0 Å². The fourth-order valence-corrected chi connectivity index (χ4v) is 3.81. The van der Waals surface area contributed by atoms with Gasteiger partial charge in [0, 0.05) is 32.7 Å². The Morgan fingerprint density at radius 1 is 1.09 bits per heavy atom. The van der Waals surface area contributed by atoms with E-state index in [0.29, 0.717) is 48.8 Å². The molecule has 1 heterocycles. The van der Waals surface area contributed by atoms with Crippen LogP contribution in [0.15, 0.2) is 70.0 Å². The first-order valence-corrected chi connectivity index (χ1v) is 12.1. The van der Waals surface area contributed by atoms with Crippen molar-refractivity contribution in [3.05, 3.63) is 72.2 Å². The second kappa shape index (κ2) is 10.5. The van der Waals surface area contributed by atoms with Gasteiger partial charge in [-0.1, -0.05) is 18.2 Å². The molecule has 2 aromatic carbocycles. The van der Waals surface area contributed by atoms with E-state index in [0.717, 1.165) is 6.26 Å². The van der Waals surface area contributed by atoms with Crippen molar-refractivity contribution in [2.75, 3.05) is 26.5 Å². The molecule has 8 heteroatoms. The normalized spacial score (nSPS) is 11.3. The molecule has 0 aliphatic heterocycles. The van der Waals surface area contributed by atoms with Crippen molar-refractivity contribution >= 4 is 15.7 Å². The molecule has 0 bridgehead atoms. The van der Waals surface area contributed by atoms with E-state index in [2.05, 4.69) is 0 Å². The molecule has 0 saturated heterocycles. The zero-order valence-electron chi connectivity index (χ0n) is 18.1. The van der Waals surface area contributed by atoms with Gasteiger partial charge < -0.3 is 14.1 Å². The van der Waals surface area contributed by atoms with Gasteiger partial charge in [-0.05, 0) is 48.9 Å². The zero-order valence-corrected chi connectivity index (χ0v) is 18.9. The lowest BCUT2D eigenvalue weighted by Crippen LogP contribution is -2.28. The molecule has 1 aromatic heterocycles. The van der Waals surface area contributed by atoms with Crippen molar-refractivity contribution in [1.29, 1.82) is 0 Å². The molecule has 0 aliphatic rings. The molecule has 6 nitrogen and oxygen atoms in total. The fourth-order valence-electron chi connectivity index (χ4n) is 3.15. The van der Waals surface area contributed by atoms with Crippen molar-refractivity contribution in [3.8, 4) is 17.1 Å². The van der Waals surface area contributed by atoms with Gasteiger partial charge in [-0.3, -0.25) is 4.79 Å². The molecule has 0 spiro atoms. The van der Waals surface area contributed by atoms with Gasteiger partial charge in [0.05, 0.1) is 17.1 Å². The number of carbonyl (C=O) groups is 1. The summed E-state index contributed by atoms with van der Waals surface area (Å²) in [5.41, 5.74) is 0.393. The molecule has 0 fully saturated rings. The third-order valence-electron chi connectivity index (χ3n) is 4.95. The number of halogens is 1. The van der Waals surface area contributed by atoms with E-state index in [1.165, 1.54) is 18.2 Å². The van der Waals surface area contributed by atoms with Gasteiger partial charge in [0.15, 0.2) is 9.84 Å². The Morgan fingerprint density at radius 2 is 1.88 bits per heavy atom. The van der Waals surface area contributed by atoms with Crippen LogP contribution in [0.1, 0.15) is 18.6 Å². The van der Waals surface area contributed by atoms with E-state index in [1.807, 2.05) is 0 Å². The van der Waals surface area contributed by atoms with E-state index in [4.69, 9.17) is 9.15 Å². The molecule has 3 rings (SSSR count). The minimum Gasteiger partial charge on any atom is -0.493 e. The lowest BCUT2D eigenvalue weighted by Gasteiger charge is -2.17. The largest absolute Gasteiger partial charge is 0.493 e. The lowest BCUT2D eigenvalue weighted by molar-refractivity contribution is -0.130. The van der Waals surface area contributed by atoms with Crippen LogP contribution in [0, 0.1) is 5.82 Å². The number of furan rings is 1. The van der Waals surface area contributed by atoms with Crippen LogP contribution in [0.25, 0.3) is 11.3 Å². The van der Waals surface area contributed by atoms with E-state index in [1.54, 1.807) is 54.4 Å². The Balaban J connectivity index is 1.42. The molecular formula is C24H26FNO5S. The first-order valence-electron chi connectivity index (χ1n) is 10.2. The topological polar surface area (TPSA) is 76.8 Å². The zero-order chi connectivity index (χ0) is 23.1. The standard InChI is InChI=1S/C24H26FNO5S/c1-26(15-6-16-30-19-7-5-8-20(17-19)32(2,28)29)24(27)14-12-18-11-13-23(31-18)21-9-3-4-10-22(21)25/h3-5,7-11,13,17H,6,12,14-16H2,1-2H3. The maximum atomic E-state index is 13.9. The van der Waals surface area contributed by atoms with Crippen LogP contribution in [0.2, 0.25) is 0 Å². The van der Waals surface area contributed by atoms with Crippen molar-refractivity contribution in [1.82, 2.24) is 4.90 Å². The number of benzene rings is 2. The smallest absolute Gasteiger partial charge is 0.222 e. The van der Waals surface area contributed by atoms with E-state index < -0.39 is 9.84 Å². The summed E-state index contributed by atoms with van der Waals surface area (Å²) in [6.45, 7) is 0.859. The highest BCUT2D eigenvalue weighted by atomic mass is 32.2. The number of hydrogen-bond acceptors (Lipinski definition) is 5. The van der Waals surface area contributed by atoms with Gasteiger partial charge >= 0.3 is 0 Å². The predicted octanol–water partition coefficient (Wildman–Crippen LogP) is 4.35. The molecule has 0 aliphatic carbocycles. The summed E-state index contributed by atoms with van der Waals surface area (Å²) in [5.74, 6) is 1.16. The highest BCUT2D eigenvalue weighted by Crippen LogP contribution is 2.25. The summed E-state index contributed by atoms with van der Waals surface area (Å²) in [6.07, 6.45) is 2.45. The summed E-state index contributed by atoms with van der Waals surface area (Å²) < 4.78 is 48.4. The molecule has 0 saturated carbocycles. The van der Waals surface area contributed by atoms with Gasteiger partial charge in [0.25, 0.3) is 0 Å². The lowest BCUT2D eigenvalue weighted by atomic mass is 10.1. The molecule has 32 heavy (non-hydrogen) atoms. The van der Waals surface area contributed by atoms with Crippen LogP contribution in [-0.4, -0.2) is 45.7 Å². The van der Waals surface area contributed by atoms with E-state index in [9.17, 15) is 17.6 Å². The monoisotopic (exact) mass is 459 g/mol. The van der Waals surface area contributed by atoms with Crippen molar-refractivity contribution < 1.29 is 26.8 Å². The van der Waals surface area contributed by atoms with Crippen LogP contribution in [0.3, 0.4) is 0 Å². The van der Waals surface area contributed by atoms with Gasteiger partial charge in [-0.2, -0.15) is 0 Å². The third-order valence-corrected chi connectivity index (χ3v) is 6.06. The number of nitrogens with zero attached hydrogens (tertiary/aromatic N) is 1. The Bertz CT molecular complexity index is 1170. The Morgan fingerprint density at radius 3 is 2.62 bits per heavy atom. The van der Waals surface area contributed by atoms with Crippen LogP contribution >= 0.6 is 0 Å². The second-order valence-electron chi connectivity index (χ2n) is 7.51. The first kappa shape index (κ1) is 23.5. The second-order valence-corrected chi connectivity index (χ2v) is 9.53. The fraction of sp³-hybridized carbons (Fsp3) is 0.292. The number of ether oxygens (including phenoxy) is 1. The summed E-state index contributed by atoms with van der Waals surface area (Å²) in [4.78, 5) is 14.2. The number of aryl methyl sites for hydroxylation is 1. The Labute approximate surface area is 187 Å². The highest BCUT2D eigenvalue weighted by molar-refractivity contribution is 7.90. The molecule has 0 N–H and O–H groups in total. The number of rotatable bonds is 10. The molecule has 1 amide bonds. The molecular weight excluding hydrogens is 433 g/mol. The van der Waals surface area contributed by atoms with Crippen molar-refractivity contribution in [3.63, 3.8) is 0 Å². The summed E-state index contributed by atoms with van der Waals surface area (Å²) >= 11 is 0. The third kappa shape index (κ3) is 6.43. The molecule has 170 valence electrons. The van der Waals surface area contributed by atoms with Crippen LogP contribution < -0.4 is 4.74 Å². The van der Waals surface area contributed by atoms with Gasteiger partial charge in [0.2, 0.25) is 5.91 Å². The Hall–Kier alpha value is -3.13. The number of amides is 1. The quantitative estimate of drug-likeness (QED) is 0.421. The van der Waals surface area contributed by atoms with Crippen LogP contribution in [0.5, 0.6) is 5.75 Å².